The third kappa shape index (κ3) is 3.61. The lowest BCUT2D eigenvalue weighted by Gasteiger charge is -2.18. The average Bonchev–Trinajstić information content (AvgIpc) is 2.87. The summed E-state index contributed by atoms with van der Waals surface area (Å²) in [6, 6.07) is 3.76. The van der Waals surface area contributed by atoms with Crippen molar-refractivity contribution in [2.45, 2.75) is 19.4 Å². The molecule has 0 aliphatic carbocycles. The number of carbonyl (C=O) groups excluding carboxylic acids is 1. The fourth-order valence-corrected chi connectivity index (χ4v) is 2.45. The number of likely N-dealkylation sites (tertiary alicyclic amines) is 1. The molecule has 110 valence electrons. The molecule has 1 N–H and O–H groups in total. The summed E-state index contributed by atoms with van der Waals surface area (Å²) in [7, 11) is 0. The Morgan fingerprint density at radius 3 is 3.00 bits per heavy atom. The molecule has 0 spiro atoms. The minimum absolute atomic E-state index is 0.119. The van der Waals surface area contributed by atoms with E-state index in [-0.39, 0.29) is 29.2 Å². The van der Waals surface area contributed by atoms with Crippen LogP contribution >= 0.6 is 11.6 Å². The van der Waals surface area contributed by atoms with Gasteiger partial charge in [0.05, 0.1) is 11.1 Å². The molecule has 1 aromatic rings. The van der Waals surface area contributed by atoms with Gasteiger partial charge in [-0.2, -0.15) is 0 Å². The molecule has 2 rings (SSSR count). The summed E-state index contributed by atoms with van der Waals surface area (Å²) in [5, 5.41) is 9.64. The topological polar surface area (TPSA) is 49.8 Å². The maximum absolute atomic E-state index is 12.9. The normalized spacial score (nSPS) is 20.0. The standard InChI is InChI=1S/C14H17ClFNO3/c1-9(18)10-4-5-17(7-10)14(19)8-20-13-3-2-11(16)6-12(13)15/h2-3,6,9-10,18H,4-5,7-8H2,1H3. The van der Waals surface area contributed by atoms with E-state index in [1.807, 2.05) is 0 Å². The van der Waals surface area contributed by atoms with E-state index in [9.17, 15) is 14.3 Å². The van der Waals surface area contributed by atoms with Crippen LogP contribution in [0, 0.1) is 11.7 Å². The van der Waals surface area contributed by atoms with E-state index in [4.69, 9.17) is 16.3 Å². The van der Waals surface area contributed by atoms with Crippen LogP contribution in [0.15, 0.2) is 18.2 Å². The molecule has 1 aromatic carbocycles. The maximum Gasteiger partial charge on any atom is 0.260 e. The highest BCUT2D eigenvalue weighted by atomic mass is 35.5. The van der Waals surface area contributed by atoms with Gasteiger partial charge in [0.15, 0.2) is 6.61 Å². The van der Waals surface area contributed by atoms with Crippen molar-refractivity contribution < 1.29 is 19.0 Å². The number of benzene rings is 1. The number of aliphatic hydroxyl groups excluding tert-OH is 1. The third-order valence-electron chi connectivity index (χ3n) is 3.50. The maximum atomic E-state index is 12.9. The number of rotatable bonds is 4. The molecule has 1 aliphatic heterocycles. The van der Waals surface area contributed by atoms with Crippen LogP contribution in [0.2, 0.25) is 5.02 Å². The number of amides is 1. The summed E-state index contributed by atoms with van der Waals surface area (Å²) in [5.74, 6) is -0.206. The molecular weight excluding hydrogens is 285 g/mol. The van der Waals surface area contributed by atoms with E-state index in [1.165, 1.54) is 12.1 Å². The largest absolute Gasteiger partial charge is 0.482 e. The molecule has 6 heteroatoms. The lowest BCUT2D eigenvalue weighted by Crippen LogP contribution is -2.34. The van der Waals surface area contributed by atoms with Crippen LogP contribution in [-0.2, 0) is 4.79 Å². The SMILES string of the molecule is CC(O)C1CCN(C(=O)COc2ccc(F)cc2Cl)C1. The summed E-state index contributed by atoms with van der Waals surface area (Å²) in [6.07, 6.45) is 0.376. The van der Waals surface area contributed by atoms with Crippen molar-refractivity contribution in [1.82, 2.24) is 4.90 Å². The predicted octanol–water partition coefficient (Wildman–Crippen LogP) is 2.09. The Morgan fingerprint density at radius 2 is 2.40 bits per heavy atom. The molecule has 1 fully saturated rings. The molecular formula is C14H17ClFNO3. The first-order valence-corrected chi connectivity index (χ1v) is 6.89. The zero-order valence-electron chi connectivity index (χ0n) is 11.2. The predicted molar refractivity (Wildman–Crippen MR) is 73.3 cm³/mol. The molecule has 1 saturated heterocycles. The molecule has 4 nitrogen and oxygen atoms in total. The molecule has 20 heavy (non-hydrogen) atoms. The van der Waals surface area contributed by atoms with Crippen LogP contribution in [0.5, 0.6) is 5.75 Å². The molecule has 0 aromatic heterocycles. The van der Waals surface area contributed by atoms with Gasteiger partial charge in [-0.05, 0) is 31.5 Å². The highest BCUT2D eigenvalue weighted by Crippen LogP contribution is 2.25. The zero-order chi connectivity index (χ0) is 14.7. The Bertz CT molecular complexity index is 495. The quantitative estimate of drug-likeness (QED) is 0.926. The summed E-state index contributed by atoms with van der Waals surface area (Å²) < 4.78 is 18.2. The van der Waals surface area contributed by atoms with Gasteiger partial charge < -0.3 is 14.7 Å². The average molecular weight is 302 g/mol. The van der Waals surface area contributed by atoms with Crippen molar-refractivity contribution >= 4 is 17.5 Å². The Labute approximate surface area is 122 Å². The van der Waals surface area contributed by atoms with Crippen LogP contribution in [0.1, 0.15) is 13.3 Å². The van der Waals surface area contributed by atoms with Gasteiger partial charge in [-0.3, -0.25) is 4.79 Å². The van der Waals surface area contributed by atoms with E-state index in [0.29, 0.717) is 13.1 Å². The first-order chi connectivity index (χ1) is 9.47. The van der Waals surface area contributed by atoms with Gasteiger partial charge in [0.1, 0.15) is 11.6 Å². The summed E-state index contributed by atoms with van der Waals surface area (Å²) >= 11 is 5.81. The van der Waals surface area contributed by atoms with Gasteiger partial charge in [0, 0.05) is 19.0 Å². The van der Waals surface area contributed by atoms with E-state index in [1.54, 1.807) is 11.8 Å². The van der Waals surface area contributed by atoms with E-state index >= 15 is 0 Å². The molecule has 0 radical (unpaired) electrons. The Kier molecular flexibility index (Phi) is 4.83. The molecule has 1 aliphatic rings. The minimum Gasteiger partial charge on any atom is -0.482 e. The Morgan fingerprint density at radius 1 is 1.65 bits per heavy atom. The smallest absolute Gasteiger partial charge is 0.260 e. The monoisotopic (exact) mass is 301 g/mol. The summed E-state index contributed by atoms with van der Waals surface area (Å²) in [4.78, 5) is 13.6. The summed E-state index contributed by atoms with van der Waals surface area (Å²) in [6.45, 7) is 2.75. The van der Waals surface area contributed by atoms with Crippen LogP contribution in [0.3, 0.4) is 0 Å². The second-order valence-corrected chi connectivity index (χ2v) is 5.40. The van der Waals surface area contributed by atoms with Crippen molar-refractivity contribution in [3.05, 3.63) is 29.0 Å². The third-order valence-corrected chi connectivity index (χ3v) is 3.80. The second kappa shape index (κ2) is 6.41. The van der Waals surface area contributed by atoms with Crippen molar-refractivity contribution in [2.75, 3.05) is 19.7 Å². The van der Waals surface area contributed by atoms with Crippen molar-refractivity contribution in [2.24, 2.45) is 5.92 Å². The minimum atomic E-state index is -0.451. The van der Waals surface area contributed by atoms with Crippen molar-refractivity contribution in [3.8, 4) is 5.75 Å². The number of aliphatic hydroxyl groups is 1. The van der Waals surface area contributed by atoms with E-state index < -0.39 is 11.9 Å². The van der Waals surface area contributed by atoms with Crippen LogP contribution in [0.25, 0.3) is 0 Å². The zero-order valence-corrected chi connectivity index (χ0v) is 11.9. The molecule has 2 atom stereocenters. The van der Waals surface area contributed by atoms with Gasteiger partial charge in [-0.15, -0.1) is 0 Å². The Hall–Kier alpha value is -1.33. The molecule has 0 saturated carbocycles. The number of halogens is 2. The summed E-state index contributed by atoms with van der Waals surface area (Å²) in [5.41, 5.74) is 0. The first-order valence-electron chi connectivity index (χ1n) is 6.51. The second-order valence-electron chi connectivity index (χ2n) is 4.99. The molecule has 1 amide bonds. The number of hydrogen-bond acceptors (Lipinski definition) is 3. The van der Waals surface area contributed by atoms with Gasteiger partial charge in [0.2, 0.25) is 0 Å². The number of nitrogens with zero attached hydrogens (tertiary/aromatic N) is 1. The number of carbonyl (C=O) groups is 1. The number of hydrogen-bond donors (Lipinski definition) is 1. The van der Waals surface area contributed by atoms with Gasteiger partial charge >= 0.3 is 0 Å². The number of ether oxygens (including phenoxy) is 1. The fourth-order valence-electron chi connectivity index (χ4n) is 2.23. The highest BCUT2D eigenvalue weighted by molar-refractivity contribution is 6.32. The van der Waals surface area contributed by atoms with Gasteiger partial charge in [-0.1, -0.05) is 11.6 Å². The van der Waals surface area contributed by atoms with Crippen LogP contribution < -0.4 is 4.74 Å². The molecule has 1 heterocycles. The van der Waals surface area contributed by atoms with Gasteiger partial charge in [-0.25, -0.2) is 4.39 Å². The van der Waals surface area contributed by atoms with Crippen LogP contribution in [0.4, 0.5) is 4.39 Å². The highest BCUT2D eigenvalue weighted by Gasteiger charge is 2.29. The lowest BCUT2D eigenvalue weighted by molar-refractivity contribution is -0.132. The van der Waals surface area contributed by atoms with Crippen molar-refractivity contribution in [1.29, 1.82) is 0 Å². The fraction of sp³-hybridized carbons (Fsp3) is 0.500. The Balaban J connectivity index is 1.86. The molecule has 0 bridgehead atoms. The van der Waals surface area contributed by atoms with E-state index in [2.05, 4.69) is 0 Å². The molecule has 2 unspecified atom stereocenters. The van der Waals surface area contributed by atoms with Crippen molar-refractivity contribution in [3.63, 3.8) is 0 Å². The van der Waals surface area contributed by atoms with E-state index in [0.717, 1.165) is 12.5 Å². The first kappa shape index (κ1) is 15.1. The lowest BCUT2D eigenvalue weighted by atomic mass is 10.0. The van der Waals surface area contributed by atoms with Crippen LogP contribution in [-0.4, -0.2) is 41.7 Å². The van der Waals surface area contributed by atoms with Gasteiger partial charge in [0.25, 0.3) is 5.91 Å².